The summed E-state index contributed by atoms with van der Waals surface area (Å²) in [6.45, 7) is 1.44. The molecule has 2 N–H and O–H groups in total. The third kappa shape index (κ3) is 3.52. The van der Waals surface area contributed by atoms with Crippen LogP contribution in [-0.4, -0.2) is 33.4 Å². The second-order valence-corrected chi connectivity index (χ2v) is 4.92. The summed E-state index contributed by atoms with van der Waals surface area (Å²) < 4.78 is 5.00. The van der Waals surface area contributed by atoms with Crippen molar-refractivity contribution in [3.8, 4) is 0 Å². The molecule has 0 aliphatic heterocycles. The minimum Gasteiger partial charge on any atom is -0.452 e. The number of aromatic nitrogens is 3. The lowest BCUT2D eigenvalue weighted by atomic mass is 10.2. The van der Waals surface area contributed by atoms with Crippen molar-refractivity contribution in [3.05, 3.63) is 54.0 Å². The molecule has 0 fully saturated rings. The summed E-state index contributed by atoms with van der Waals surface area (Å²) >= 11 is 0. The van der Waals surface area contributed by atoms with Gasteiger partial charge in [-0.05, 0) is 37.3 Å². The van der Waals surface area contributed by atoms with E-state index < -0.39 is 11.9 Å². The highest BCUT2D eigenvalue weighted by Gasteiger charge is 2.12. The summed E-state index contributed by atoms with van der Waals surface area (Å²) in [5, 5.41) is 2.57. The monoisotopic (exact) mass is 310 g/mol. The second kappa shape index (κ2) is 6.27. The maximum atomic E-state index is 12.0. The summed E-state index contributed by atoms with van der Waals surface area (Å²) in [6.07, 6.45) is 1.54. The average Bonchev–Trinajstić information content (AvgIpc) is 3.00. The van der Waals surface area contributed by atoms with Crippen LogP contribution in [0.1, 0.15) is 16.1 Å². The maximum absolute atomic E-state index is 12.0. The van der Waals surface area contributed by atoms with E-state index in [9.17, 15) is 9.59 Å². The molecule has 1 aromatic carbocycles. The molecule has 0 aliphatic carbocycles. The number of esters is 1. The number of H-pyrrole nitrogens is 1. The lowest BCUT2D eigenvalue weighted by Crippen LogP contribution is -2.21. The van der Waals surface area contributed by atoms with E-state index in [4.69, 9.17) is 4.74 Å². The molecular weight excluding hydrogens is 296 g/mol. The summed E-state index contributed by atoms with van der Waals surface area (Å²) in [5.41, 5.74) is 2.62. The average molecular weight is 310 g/mol. The third-order valence-electron chi connectivity index (χ3n) is 3.15. The van der Waals surface area contributed by atoms with Crippen LogP contribution in [0.3, 0.4) is 0 Å². The van der Waals surface area contributed by atoms with Gasteiger partial charge in [-0.2, -0.15) is 0 Å². The van der Waals surface area contributed by atoms with Gasteiger partial charge in [0.15, 0.2) is 6.61 Å². The molecule has 0 radical (unpaired) electrons. The van der Waals surface area contributed by atoms with Crippen LogP contribution in [0.15, 0.2) is 42.7 Å². The number of fused-ring (bicyclic) bond motifs is 1. The van der Waals surface area contributed by atoms with Crippen molar-refractivity contribution in [2.75, 3.05) is 11.9 Å². The molecule has 0 saturated heterocycles. The van der Waals surface area contributed by atoms with Crippen LogP contribution in [0, 0.1) is 6.92 Å². The van der Waals surface area contributed by atoms with Crippen molar-refractivity contribution in [3.63, 3.8) is 0 Å². The van der Waals surface area contributed by atoms with E-state index in [1.165, 1.54) is 0 Å². The zero-order valence-electron chi connectivity index (χ0n) is 12.4. The number of aromatic amines is 1. The first-order chi connectivity index (χ1) is 11.1. The number of nitrogens with zero attached hydrogens (tertiary/aromatic N) is 2. The smallest absolute Gasteiger partial charge is 0.338 e. The fourth-order valence-corrected chi connectivity index (χ4v) is 2.07. The van der Waals surface area contributed by atoms with Crippen LogP contribution in [0.4, 0.5) is 5.82 Å². The number of amides is 1. The Morgan fingerprint density at radius 1 is 1.26 bits per heavy atom. The van der Waals surface area contributed by atoms with Gasteiger partial charge in [0.25, 0.3) is 5.91 Å². The van der Waals surface area contributed by atoms with E-state index in [0.29, 0.717) is 11.4 Å². The van der Waals surface area contributed by atoms with Crippen LogP contribution in [0.5, 0.6) is 0 Å². The Balaban J connectivity index is 1.58. The first-order valence-corrected chi connectivity index (χ1v) is 6.95. The Morgan fingerprint density at radius 2 is 2.13 bits per heavy atom. The SMILES string of the molecule is Cc1cccc(NC(=O)COC(=O)c2ccc3nc[nH]c3c2)n1. The van der Waals surface area contributed by atoms with E-state index in [2.05, 4.69) is 20.3 Å². The zero-order chi connectivity index (χ0) is 16.2. The van der Waals surface area contributed by atoms with E-state index in [0.717, 1.165) is 16.7 Å². The minimum atomic E-state index is -0.575. The number of carbonyl (C=O) groups excluding carboxylic acids is 2. The van der Waals surface area contributed by atoms with Gasteiger partial charge in [-0.15, -0.1) is 0 Å². The van der Waals surface area contributed by atoms with Crippen LogP contribution < -0.4 is 5.32 Å². The highest BCUT2D eigenvalue weighted by atomic mass is 16.5. The number of anilines is 1. The molecule has 23 heavy (non-hydrogen) atoms. The first kappa shape index (κ1) is 14.7. The van der Waals surface area contributed by atoms with Crippen molar-refractivity contribution >= 4 is 28.7 Å². The number of rotatable bonds is 4. The molecule has 0 aliphatic rings. The Bertz CT molecular complexity index is 872. The molecule has 7 heteroatoms. The molecule has 0 spiro atoms. The van der Waals surface area contributed by atoms with Gasteiger partial charge in [-0.25, -0.2) is 14.8 Å². The molecule has 116 valence electrons. The normalized spacial score (nSPS) is 10.5. The van der Waals surface area contributed by atoms with Crippen LogP contribution in [0.2, 0.25) is 0 Å². The van der Waals surface area contributed by atoms with Gasteiger partial charge < -0.3 is 15.0 Å². The standard InChI is InChI=1S/C16H14N4O3/c1-10-3-2-4-14(19-10)20-15(21)8-23-16(22)11-5-6-12-13(7-11)18-9-17-12/h2-7,9H,8H2,1H3,(H,17,18)(H,19,20,21). The highest BCUT2D eigenvalue weighted by molar-refractivity contribution is 5.96. The molecule has 2 aromatic heterocycles. The van der Waals surface area contributed by atoms with E-state index in [1.54, 1.807) is 36.7 Å². The predicted octanol–water partition coefficient (Wildman–Crippen LogP) is 2.06. The Morgan fingerprint density at radius 3 is 2.96 bits per heavy atom. The fraction of sp³-hybridized carbons (Fsp3) is 0.125. The quantitative estimate of drug-likeness (QED) is 0.719. The summed E-state index contributed by atoms with van der Waals surface area (Å²) in [6, 6.07) is 10.2. The zero-order valence-corrected chi connectivity index (χ0v) is 12.4. The van der Waals surface area contributed by atoms with Crippen LogP contribution in [-0.2, 0) is 9.53 Å². The largest absolute Gasteiger partial charge is 0.452 e. The second-order valence-electron chi connectivity index (χ2n) is 4.92. The predicted molar refractivity (Wildman–Crippen MR) is 84.0 cm³/mol. The molecule has 0 saturated carbocycles. The molecular formula is C16H14N4O3. The maximum Gasteiger partial charge on any atom is 0.338 e. The summed E-state index contributed by atoms with van der Waals surface area (Å²) in [7, 11) is 0. The molecule has 1 amide bonds. The van der Waals surface area contributed by atoms with E-state index in [1.807, 2.05) is 13.0 Å². The molecule has 0 atom stereocenters. The number of benzene rings is 1. The number of aryl methyl sites for hydroxylation is 1. The van der Waals surface area contributed by atoms with E-state index in [-0.39, 0.29) is 6.61 Å². The molecule has 2 heterocycles. The van der Waals surface area contributed by atoms with Crippen molar-refractivity contribution < 1.29 is 14.3 Å². The van der Waals surface area contributed by atoms with E-state index >= 15 is 0 Å². The van der Waals surface area contributed by atoms with Gasteiger partial charge in [-0.1, -0.05) is 6.07 Å². The number of hydrogen-bond donors (Lipinski definition) is 2. The Kier molecular flexibility index (Phi) is 4.01. The number of carbonyl (C=O) groups is 2. The molecule has 0 bridgehead atoms. The number of imidazole rings is 1. The number of ether oxygens (including phenoxy) is 1. The van der Waals surface area contributed by atoms with Gasteiger partial charge in [0.05, 0.1) is 22.9 Å². The molecule has 3 aromatic rings. The van der Waals surface area contributed by atoms with Gasteiger partial charge in [-0.3, -0.25) is 4.79 Å². The Hall–Kier alpha value is -3.22. The molecule has 0 unspecified atom stereocenters. The van der Waals surface area contributed by atoms with Crippen LogP contribution in [0.25, 0.3) is 11.0 Å². The lowest BCUT2D eigenvalue weighted by Gasteiger charge is -2.06. The lowest BCUT2D eigenvalue weighted by molar-refractivity contribution is -0.119. The Labute approximate surface area is 131 Å². The fourth-order valence-electron chi connectivity index (χ4n) is 2.07. The van der Waals surface area contributed by atoms with Crippen molar-refractivity contribution in [1.29, 1.82) is 0 Å². The summed E-state index contributed by atoms with van der Waals surface area (Å²) in [5.74, 6) is -0.599. The topological polar surface area (TPSA) is 97.0 Å². The minimum absolute atomic E-state index is 0.350. The van der Waals surface area contributed by atoms with Gasteiger partial charge >= 0.3 is 5.97 Å². The van der Waals surface area contributed by atoms with Crippen molar-refractivity contribution in [1.82, 2.24) is 15.0 Å². The van der Waals surface area contributed by atoms with Gasteiger partial charge in [0.2, 0.25) is 0 Å². The molecule has 3 rings (SSSR count). The molecule has 7 nitrogen and oxygen atoms in total. The van der Waals surface area contributed by atoms with Gasteiger partial charge in [0.1, 0.15) is 5.82 Å². The highest BCUT2D eigenvalue weighted by Crippen LogP contribution is 2.12. The van der Waals surface area contributed by atoms with Crippen LogP contribution >= 0.6 is 0 Å². The third-order valence-corrected chi connectivity index (χ3v) is 3.15. The van der Waals surface area contributed by atoms with Gasteiger partial charge in [0, 0.05) is 5.69 Å². The number of pyridine rings is 1. The number of hydrogen-bond acceptors (Lipinski definition) is 5. The summed E-state index contributed by atoms with van der Waals surface area (Å²) in [4.78, 5) is 34.9. The first-order valence-electron chi connectivity index (χ1n) is 6.95. The van der Waals surface area contributed by atoms with Crippen molar-refractivity contribution in [2.45, 2.75) is 6.92 Å². The van der Waals surface area contributed by atoms with Crippen molar-refractivity contribution in [2.24, 2.45) is 0 Å². The number of nitrogens with one attached hydrogen (secondary N) is 2.